The first-order valence-electron chi connectivity index (χ1n) is 4.80. The predicted molar refractivity (Wildman–Crippen MR) is 59.4 cm³/mol. The van der Waals surface area contributed by atoms with Crippen LogP contribution in [0, 0.1) is 34.0 Å². The molecule has 0 atom stereocenters. The number of hydrogen-bond donors (Lipinski definition) is 0. The third kappa shape index (κ3) is 1.79. The van der Waals surface area contributed by atoms with Crippen molar-refractivity contribution in [1.29, 1.82) is 15.8 Å². The number of esters is 1. The van der Waals surface area contributed by atoms with Gasteiger partial charge >= 0.3 is 5.97 Å². The van der Waals surface area contributed by atoms with Gasteiger partial charge in [-0.15, -0.1) is 0 Å². The number of carbonyl (C=O) groups is 1. The first-order valence-corrected chi connectivity index (χ1v) is 4.80. The minimum absolute atomic E-state index is 0.0591. The third-order valence-electron chi connectivity index (χ3n) is 2.18. The van der Waals surface area contributed by atoms with Gasteiger partial charge in [0.15, 0.2) is 0 Å². The van der Waals surface area contributed by atoms with Crippen molar-refractivity contribution >= 4 is 11.8 Å². The summed E-state index contributed by atoms with van der Waals surface area (Å²) in [6, 6.07) is 4.97. The molecule has 0 fully saturated rings. The highest BCUT2D eigenvalue weighted by Crippen LogP contribution is 2.35. The van der Waals surface area contributed by atoms with Crippen LogP contribution in [0.1, 0.15) is 6.92 Å². The van der Waals surface area contributed by atoms with Crippen molar-refractivity contribution < 1.29 is 9.53 Å². The van der Waals surface area contributed by atoms with Crippen LogP contribution < -0.4 is 0 Å². The molecule has 0 aromatic heterocycles. The van der Waals surface area contributed by atoms with Crippen molar-refractivity contribution in [2.45, 2.75) is 6.92 Å². The van der Waals surface area contributed by atoms with Crippen LogP contribution >= 0.6 is 0 Å². The molecule has 6 nitrogen and oxygen atoms in total. The largest absolute Gasteiger partial charge is 0.763 e. The van der Waals surface area contributed by atoms with Gasteiger partial charge in [0.1, 0.15) is 18.2 Å². The number of hydrogen-bond acceptors (Lipinski definition) is 5. The highest BCUT2D eigenvalue weighted by Gasteiger charge is 2.33. The van der Waals surface area contributed by atoms with Gasteiger partial charge in [0.2, 0.25) is 0 Å². The number of allylic oxidation sites excluding steroid dienone is 3. The molecule has 0 aromatic rings. The quantitative estimate of drug-likeness (QED) is 0.521. The van der Waals surface area contributed by atoms with E-state index in [0.29, 0.717) is 0 Å². The normalized spacial score (nSPS) is 13.6. The zero-order chi connectivity index (χ0) is 13.7. The molecule has 0 spiro atoms. The lowest BCUT2D eigenvalue weighted by Crippen LogP contribution is -2.10. The van der Waals surface area contributed by atoms with Crippen LogP contribution in [-0.4, -0.2) is 18.4 Å². The number of carbonyl (C=O) groups excluding carboxylic acids is 1. The van der Waals surface area contributed by atoms with Crippen molar-refractivity contribution in [1.82, 2.24) is 0 Å². The average molecular weight is 237 g/mol. The second-order valence-corrected chi connectivity index (χ2v) is 3.04. The molecule has 1 aliphatic rings. The van der Waals surface area contributed by atoms with Gasteiger partial charge in [0, 0.05) is 5.57 Å². The Hall–Kier alpha value is -3.13. The van der Waals surface area contributed by atoms with Crippen LogP contribution in [0.25, 0.3) is 5.41 Å². The molecule has 6 heteroatoms. The topological polar surface area (TPSA) is 120 Å². The monoisotopic (exact) mass is 237 g/mol. The second kappa shape index (κ2) is 5.27. The van der Waals surface area contributed by atoms with Crippen LogP contribution in [0.5, 0.6) is 0 Å². The summed E-state index contributed by atoms with van der Waals surface area (Å²) < 4.78 is 4.71. The van der Waals surface area contributed by atoms with E-state index in [2.05, 4.69) is 0 Å². The van der Waals surface area contributed by atoms with E-state index in [-0.39, 0.29) is 34.5 Å². The highest BCUT2D eigenvalue weighted by atomic mass is 16.5. The van der Waals surface area contributed by atoms with Gasteiger partial charge in [-0.25, -0.2) is 4.79 Å². The summed E-state index contributed by atoms with van der Waals surface area (Å²) in [6.07, 6.45) is 0. The van der Waals surface area contributed by atoms with Gasteiger partial charge in [0.25, 0.3) is 0 Å². The van der Waals surface area contributed by atoms with E-state index in [9.17, 15) is 4.79 Å². The molecule has 0 radical (unpaired) electrons. The zero-order valence-electron chi connectivity index (χ0n) is 9.31. The SMILES string of the molecule is CCOC(=O)C1=C(C#N)C(C#N)=C(C#N)C1=C=[N-]. The van der Waals surface area contributed by atoms with Gasteiger partial charge in [-0.3, -0.25) is 5.87 Å². The van der Waals surface area contributed by atoms with Crippen LogP contribution in [-0.2, 0) is 9.53 Å². The molecule has 0 bridgehead atoms. The first kappa shape index (κ1) is 12.9. The summed E-state index contributed by atoms with van der Waals surface area (Å²) in [7, 11) is 0. The van der Waals surface area contributed by atoms with E-state index < -0.39 is 5.97 Å². The molecule has 0 amide bonds. The van der Waals surface area contributed by atoms with Crippen LogP contribution in [0.4, 0.5) is 0 Å². The molecule has 1 aliphatic carbocycles. The minimum atomic E-state index is -0.886. The third-order valence-corrected chi connectivity index (χ3v) is 2.18. The summed E-state index contributed by atoms with van der Waals surface area (Å²) >= 11 is 0. The summed E-state index contributed by atoms with van der Waals surface area (Å²) in [5.41, 5.74) is -1.41. The standard InChI is InChI=1S/C12H5N4O2/c1-2-18-12(17)11-9(5-15)7(3-13)8(4-14)10(11)6-16/h2H2,1H3/q-1. The Morgan fingerprint density at radius 2 is 1.72 bits per heavy atom. The lowest BCUT2D eigenvalue weighted by molar-refractivity contribution is -0.138. The van der Waals surface area contributed by atoms with E-state index >= 15 is 0 Å². The van der Waals surface area contributed by atoms with Gasteiger partial charge in [-0.1, -0.05) is 0 Å². The Balaban J connectivity index is 3.59. The Morgan fingerprint density at radius 1 is 1.17 bits per heavy atom. The average Bonchev–Trinajstić information content (AvgIpc) is 2.70. The predicted octanol–water partition coefficient (Wildman–Crippen LogP) is 0.893. The number of nitrogens with zero attached hydrogens (tertiary/aromatic N) is 4. The fourth-order valence-electron chi connectivity index (χ4n) is 1.48. The lowest BCUT2D eigenvalue weighted by atomic mass is 10.1. The molecule has 0 saturated heterocycles. The molecule has 0 aromatic carbocycles. The fraction of sp³-hybridized carbons (Fsp3) is 0.167. The lowest BCUT2D eigenvalue weighted by Gasteiger charge is -2.05. The van der Waals surface area contributed by atoms with Crippen molar-refractivity contribution in [3.8, 4) is 18.2 Å². The molecule has 0 saturated carbocycles. The molecule has 0 unspecified atom stereocenters. The zero-order valence-corrected chi connectivity index (χ0v) is 9.31. The summed E-state index contributed by atoms with van der Waals surface area (Å²) in [6.45, 7) is 1.62. The number of nitriles is 3. The molecule has 0 aliphatic heterocycles. The van der Waals surface area contributed by atoms with Gasteiger partial charge in [-0.05, 0) is 6.92 Å². The van der Waals surface area contributed by atoms with E-state index in [0.717, 1.165) is 0 Å². The molecule has 1 rings (SSSR count). The Morgan fingerprint density at radius 3 is 2.11 bits per heavy atom. The molecular formula is C12H5N4O2-. The number of rotatable bonds is 2. The van der Waals surface area contributed by atoms with Gasteiger partial charge < -0.3 is 10.1 Å². The Bertz CT molecular complexity index is 656. The Labute approximate surface area is 103 Å². The highest BCUT2D eigenvalue weighted by molar-refractivity contribution is 6.06. The summed E-state index contributed by atoms with van der Waals surface area (Å²) in [5, 5.41) is 35.7. The molecule has 0 N–H and O–H groups in total. The van der Waals surface area contributed by atoms with Crippen molar-refractivity contribution in [3.05, 3.63) is 33.3 Å². The number of ether oxygens (including phenoxy) is 1. The van der Waals surface area contributed by atoms with E-state index in [1.807, 2.05) is 0 Å². The van der Waals surface area contributed by atoms with Crippen LogP contribution in [0.2, 0.25) is 0 Å². The van der Waals surface area contributed by atoms with E-state index in [4.69, 9.17) is 25.9 Å². The van der Waals surface area contributed by atoms with Crippen molar-refractivity contribution in [2.24, 2.45) is 0 Å². The van der Waals surface area contributed by atoms with E-state index in [1.165, 1.54) is 0 Å². The van der Waals surface area contributed by atoms with Crippen LogP contribution in [0.15, 0.2) is 27.9 Å². The molecule has 18 heavy (non-hydrogen) atoms. The molecule has 0 heterocycles. The van der Waals surface area contributed by atoms with Gasteiger partial charge in [-0.2, -0.15) is 15.8 Å². The summed E-state index contributed by atoms with van der Waals surface area (Å²) in [4.78, 5) is 11.7. The van der Waals surface area contributed by atoms with Crippen molar-refractivity contribution in [3.63, 3.8) is 0 Å². The van der Waals surface area contributed by atoms with Crippen LogP contribution in [0.3, 0.4) is 0 Å². The first-order chi connectivity index (χ1) is 8.65. The fourth-order valence-corrected chi connectivity index (χ4v) is 1.48. The summed E-state index contributed by atoms with van der Waals surface area (Å²) in [5.74, 6) is 0.773. The maximum atomic E-state index is 11.7. The van der Waals surface area contributed by atoms with Crippen molar-refractivity contribution in [2.75, 3.05) is 6.61 Å². The smallest absolute Gasteiger partial charge is 0.340 e. The maximum absolute atomic E-state index is 11.7. The molecule has 86 valence electrons. The maximum Gasteiger partial charge on any atom is 0.340 e. The molecular weight excluding hydrogens is 232 g/mol. The minimum Gasteiger partial charge on any atom is -0.763 e. The Kier molecular flexibility index (Phi) is 3.79. The van der Waals surface area contributed by atoms with Gasteiger partial charge in [0.05, 0.1) is 28.9 Å². The second-order valence-electron chi connectivity index (χ2n) is 3.04. The van der Waals surface area contributed by atoms with E-state index in [1.54, 1.807) is 31.0 Å².